The second-order valence-corrected chi connectivity index (χ2v) is 6.01. The smallest absolute Gasteiger partial charge is 0.160 e. The van der Waals surface area contributed by atoms with Crippen molar-refractivity contribution in [2.24, 2.45) is 0 Å². The molecule has 0 aliphatic rings. The summed E-state index contributed by atoms with van der Waals surface area (Å²) in [6.45, 7) is 5.60. The van der Waals surface area contributed by atoms with Crippen molar-refractivity contribution in [2.75, 3.05) is 0 Å². The van der Waals surface area contributed by atoms with Gasteiger partial charge in [0.2, 0.25) is 0 Å². The van der Waals surface area contributed by atoms with E-state index in [2.05, 4.69) is 4.98 Å². The summed E-state index contributed by atoms with van der Waals surface area (Å²) in [5.41, 5.74) is 5.73. The molecule has 0 unspecified atom stereocenters. The first-order valence-corrected chi connectivity index (χ1v) is 7.52. The molecule has 0 aliphatic heterocycles. The maximum absolute atomic E-state index is 12.0. The van der Waals surface area contributed by atoms with E-state index in [0.717, 1.165) is 38.7 Å². The monoisotopic (exact) mass is 309 g/mol. The average molecular weight is 310 g/mol. The summed E-state index contributed by atoms with van der Waals surface area (Å²) < 4.78 is 0. The Hall–Kier alpha value is -2.19. The molecule has 1 aromatic heterocycles. The number of ketones is 1. The summed E-state index contributed by atoms with van der Waals surface area (Å²) in [5.74, 6) is 0.0672. The van der Waals surface area contributed by atoms with Gasteiger partial charge in [-0.15, -0.1) is 0 Å². The third-order valence-corrected chi connectivity index (χ3v) is 4.14. The van der Waals surface area contributed by atoms with Gasteiger partial charge in [-0.25, -0.2) is 0 Å². The van der Waals surface area contributed by atoms with E-state index in [1.807, 2.05) is 56.4 Å². The van der Waals surface area contributed by atoms with Crippen LogP contribution in [0.4, 0.5) is 0 Å². The maximum atomic E-state index is 12.0. The number of aryl methyl sites for hydroxylation is 2. The van der Waals surface area contributed by atoms with Gasteiger partial charge in [-0.05, 0) is 55.7 Å². The number of benzene rings is 2. The Bertz CT molecular complexity index is 882. The van der Waals surface area contributed by atoms with Crippen molar-refractivity contribution in [3.63, 3.8) is 0 Å². The Morgan fingerprint density at radius 2 is 1.68 bits per heavy atom. The molecule has 3 aromatic rings. The lowest BCUT2D eigenvalue weighted by atomic mass is 9.94. The molecular weight excluding hydrogens is 294 g/mol. The highest BCUT2D eigenvalue weighted by Gasteiger charge is 2.13. The van der Waals surface area contributed by atoms with Crippen molar-refractivity contribution < 1.29 is 4.79 Å². The predicted molar refractivity (Wildman–Crippen MR) is 91.7 cm³/mol. The highest BCUT2D eigenvalue weighted by atomic mass is 35.5. The van der Waals surface area contributed by atoms with E-state index in [1.54, 1.807) is 6.92 Å². The molecule has 2 aromatic carbocycles. The third-order valence-electron chi connectivity index (χ3n) is 3.89. The number of nitrogens with zero attached hydrogens (tertiary/aromatic N) is 1. The molecular formula is C19H16ClNO. The van der Waals surface area contributed by atoms with Crippen molar-refractivity contribution in [3.8, 4) is 11.1 Å². The summed E-state index contributed by atoms with van der Waals surface area (Å²) in [7, 11) is 0. The fraction of sp³-hybridized carbons (Fsp3) is 0.158. The van der Waals surface area contributed by atoms with Crippen LogP contribution < -0.4 is 0 Å². The number of hydrogen-bond donors (Lipinski definition) is 0. The fourth-order valence-electron chi connectivity index (χ4n) is 2.91. The summed E-state index contributed by atoms with van der Waals surface area (Å²) in [6, 6.07) is 11.7. The average Bonchev–Trinajstić information content (AvgIpc) is 2.47. The first kappa shape index (κ1) is 14.7. The number of halogens is 1. The minimum absolute atomic E-state index is 0.0672. The zero-order valence-electron chi connectivity index (χ0n) is 12.8. The molecule has 3 heteroatoms. The molecule has 22 heavy (non-hydrogen) atoms. The van der Waals surface area contributed by atoms with Crippen molar-refractivity contribution in [2.45, 2.75) is 20.8 Å². The first-order valence-electron chi connectivity index (χ1n) is 7.14. The van der Waals surface area contributed by atoms with E-state index in [9.17, 15) is 4.79 Å². The Kier molecular flexibility index (Phi) is 3.71. The number of carbonyl (C=O) groups excluding carboxylic acids is 1. The second kappa shape index (κ2) is 5.54. The third kappa shape index (κ3) is 2.51. The quantitative estimate of drug-likeness (QED) is 0.595. The van der Waals surface area contributed by atoms with Crippen molar-refractivity contribution in [3.05, 3.63) is 64.3 Å². The molecule has 0 bridgehead atoms. The number of fused-ring (bicyclic) bond motifs is 1. The van der Waals surface area contributed by atoms with Gasteiger partial charge in [0.05, 0.1) is 5.52 Å². The number of rotatable bonds is 2. The van der Waals surface area contributed by atoms with E-state index >= 15 is 0 Å². The van der Waals surface area contributed by atoms with Crippen LogP contribution >= 0.6 is 11.6 Å². The van der Waals surface area contributed by atoms with E-state index in [4.69, 9.17) is 11.6 Å². The second-order valence-electron chi connectivity index (χ2n) is 5.57. The molecule has 0 N–H and O–H groups in total. The zero-order chi connectivity index (χ0) is 15.9. The van der Waals surface area contributed by atoms with E-state index in [0.29, 0.717) is 5.02 Å². The molecule has 0 aliphatic carbocycles. The zero-order valence-corrected chi connectivity index (χ0v) is 13.5. The van der Waals surface area contributed by atoms with Crippen LogP contribution in [0.15, 0.2) is 42.6 Å². The number of hydrogen-bond acceptors (Lipinski definition) is 2. The Balaban J connectivity index is 2.30. The van der Waals surface area contributed by atoms with Crippen LogP contribution in [-0.4, -0.2) is 10.8 Å². The minimum atomic E-state index is 0.0672. The molecule has 0 amide bonds. The molecule has 3 rings (SSSR count). The van der Waals surface area contributed by atoms with E-state index in [-0.39, 0.29) is 5.78 Å². The molecule has 1 heterocycles. The lowest BCUT2D eigenvalue weighted by Crippen LogP contribution is -2.00. The van der Waals surface area contributed by atoms with Crippen molar-refractivity contribution in [1.82, 2.24) is 4.98 Å². The van der Waals surface area contributed by atoms with Crippen LogP contribution in [0.3, 0.4) is 0 Å². The molecule has 2 nitrogen and oxygen atoms in total. The largest absolute Gasteiger partial charge is 0.294 e. The van der Waals surface area contributed by atoms with Gasteiger partial charge in [0.25, 0.3) is 0 Å². The van der Waals surface area contributed by atoms with Gasteiger partial charge in [-0.2, -0.15) is 0 Å². The highest BCUT2D eigenvalue weighted by Crippen LogP contribution is 2.29. The Labute approximate surface area is 134 Å². The highest BCUT2D eigenvalue weighted by molar-refractivity contribution is 6.30. The molecule has 0 radical (unpaired) electrons. The van der Waals surface area contributed by atoms with Gasteiger partial charge < -0.3 is 0 Å². The van der Waals surface area contributed by atoms with Gasteiger partial charge in [0.1, 0.15) is 0 Å². The van der Waals surface area contributed by atoms with Gasteiger partial charge in [0.15, 0.2) is 5.78 Å². The summed E-state index contributed by atoms with van der Waals surface area (Å²) in [6.07, 6.45) is 1.85. The van der Waals surface area contributed by atoms with Gasteiger partial charge in [-0.3, -0.25) is 9.78 Å². The summed E-state index contributed by atoms with van der Waals surface area (Å²) in [4.78, 5) is 16.6. The van der Waals surface area contributed by atoms with Crippen LogP contribution in [0.25, 0.3) is 22.0 Å². The number of carbonyl (C=O) groups is 1. The minimum Gasteiger partial charge on any atom is -0.294 e. The molecule has 0 atom stereocenters. The first-order chi connectivity index (χ1) is 10.5. The van der Waals surface area contributed by atoms with Crippen LogP contribution in [0.1, 0.15) is 28.4 Å². The predicted octanol–water partition coefficient (Wildman–Crippen LogP) is 5.37. The van der Waals surface area contributed by atoms with Crippen LogP contribution in [0, 0.1) is 13.8 Å². The Morgan fingerprint density at radius 1 is 1.00 bits per heavy atom. The number of aromatic nitrogens is 1. The van der Waals surface area contributed by atoms with Gasteiger partial charge in [0, 0.05) is 27.7 Å². The molecule has 110 valence electrons. The summed E-state index contributed by atoms with van der Waals surface area (Å²) >= 11 is 5.94. The molecule has 0 fully saturated rings. The lowest BCUT2D eigenvalue weighted by molar-refractivity contribution is 0.101. The molecule has 0 saturated heterocycles. The lowest BCUT2D eigenvalue weighted by Gasteiger charge is -2.11. The topological polar surface area (TPSA) is 30.0 Å². The van der Waals surface area contributed by atoms with Crippen LogP contribution in [0.2, 0.25) is 5.02 Å². The van der Waals surface area contributed by atoms with Crippen molar-refractivity contribution >= 4 is 28.3 Å². The number of Topliss-reactive ketones (excluding diaryl/α,β-unsaturated/α-hetero) is 1. The summed E-state index contributed by atoms with van der Waals surface area (Å²) in [5, 5.41) is 1.62. The van der Waals surface area contributed by atoms with Crippen LogP contribution in [0.5, 0.6) is 0 Å². The van der Waals surface area contributed by atoms with E-state index in [1.165, 1.54) is 0 Å². The van der Waals surface area contributed by atoms with Gasteiger partial charge in [-0.1, -0.05) is 29.8 Å². The normalized spacial score (nSPS) is 10.9. The number of pyridine rings is 1. The Morgan fingerprint density at radius 3 is 2.32 bits per heavy atom. The molecule has 0 saturated carbocycles. The SMILES string of the molecule is CC(=O)c1c(C)cc(C)c2ncc(-c3ccc(Cl)cc3)cc12. The van der Waals surface area contributed by atoms with E-state index < -0.39 is 0 Å². The molecule has 0 spiro atoms. The van der Waals surface area contributed by atoms with Gasteiger partial charge >= 0.3 is 0 Å². The van der Waals surface area contributed by atoms with Crippen LogP contribution in [-0.2, 0) is 0 Å². The standard InChI is InChI=1S/C19H16ClNO/c1-11-8-12(2)19-17(18(11)13(3)22)9-15(10-21-19)14-4-6-16(20)7-5-14/h4-10H,1-3H3. The maximum Gasteiger partial charge on any atom is 0.160 e. The van der Waals surface area contributed by atoms with Crippen molar-refractivity contribution in [1.29, 1.82) is 0 Å². The fourth-order valence-corrected chi connectivity index (χ4v) is 3.04.